The van der Waals surface area contributed by atoms with Gasteiger partial charge in [-0.1, -0.05) is 84.4 Å². The Morgan fingerprint density at radius 1 is 0.739 bits per heavy atom. The molecule has 0 aliphatic rings. The third kappa shape index (κ3) is 4.08. The minimum absolute atomic E-state index is 0.399. The van der Waals surface area contributed by atoms with Crippen LogP contribution in [-0.4, -0.2) is 5.11 Å². The number of benzene rings is 3. The molecule has 0 fully saturated rings. The highest BCUT2D eigenvalue weighted by atomic mass is 16.3. The first-order valence-electron chi connectivity index (χ1n) is 8.11. The minimum atomic E-state index is -0.399. The van der Waals surface area contributed by atoms with Crippen LogP contribution < -0.4 is 0 Å². The summed E-state index contributed by atoms with van der Waals surface area (Å²) in [7, 11) is 0. The summed E-state index contributed by atoms with van der Waals surface area (Å²) >= 11 is 0. The maximum atomic E-state index is 10.3. The number of aliphatic hydroxyl groups excluding tert-OH is 1. The average molecular weight is 302 g/mol. The third-order valence-electron chi connectivity index (χ3n) is 4.23. The SMILES string of the molecule is Cc1ccc(C(O)CCc2ccc(-c3ccccc3)cc2)cc1. The molecule has 0 saturated heterocycles. The van der Waals surface area contributed by atoms with E-state index in [0.717, 1.165) is 18.4 Å². The Morgan fingerprint density at radius 2 is 1.35 bits per heavy atom. The number of hydrogen-bond acceptors (Lipinski definition) is 1. The Morgan fingerprint density at radius 3 is 2.00 bits per heavy atom. The van der Waals surface area contributed by atoms with Crippen LogP contribution in [0.1, 0.15) is 29.2 Å². The van der Waals surface area contributed by atoms with Crippen LogP contribution in [0.2, 0.25) is 0 Å². The minimum Gasteiger partial charge on any atom is -0.388 e. The summed E-state index contributed by atoms with van der Waals surface area (Å²) < 4.78 is 0. The zero-order valence-corrected chi connectivity index (χ0v) is 13.4. The summed E-state index contributed by atoms with van der Waals surface area (Å²) in [4.78, 5) is 0. The lowest BCUT2D eigenvalue weighted by molar-refractivity contribution is 0.168. The maximum Gasteiger partial charge on any atom is 0.0793 e. The predicted octanol–water partition coefficient (Wildman–Crippen LogP) is 5.33. The van der Waals surface area contributed by atoms with Gasteiger partial charge in [-0.3, -0.25) is 0 Å². The Balaban J connectivity index is 1.61. The fourth-order valence-electron chi connectivity index (χ4n) is 2.75. The molecule has 1 N–H and O–H groups in total. The van der Waals surface area contributed by atoms with E-state index in [2.05, 4.69) is 55.5 Å². The zero-order valence-electron chi connectivity index (χ0n) is 13.4. The van der Waals surface area contributed by atoms with Crippen molar-refractivity contribution in [2.75, 3.05) is 0 Å². The van der Waals surface area contributed by atoms with E-state index in [1.54, 1.807) is 0 Å². The number of hydrogen-bond donors (Lipinski definition) is 1. The molecule has 1 nitrogen and oxygen atoms in total. The van der Waals surface area contributed by atoms with Gasteiger partial charge < -0.3 is 5.11 Å². The Kier molecular flexibility index (Phi) is 4.89. The van der Waals surface area contributed by atoms with Crippen LogP contribution in [0.25, 0.3) is 11.1 Å². The Labute approximate surface area is 138 Å². The highest BCUT2D eigenvalue weighted by Gasteiger charge is 2.07. The zero-order chi connectivity index (χ0) is 16.1. The number of rotatable bonds is 5. The van der Waals surface area contributed by atoms with Crippen molar-refractivity contribution >= 4 is 0 Å². The molecule has 23 heavy (non-hydrogen) atoms. The summed E-state index contributed by atoms with van der Waals surface area (Å²) in [5, 5.41) is 10.3. The Bertz CT molecular complexity index is 727. The highest BCUT2D eigenvalue weighted by molar-refractivity contribution is 5.63. The van der Waals surface area contributed by atoms with Crippen LogP contribution in [0, 0.1) is 6.92 Å². The van der Waals surface area contributed by atoms with Crippen LogP contribution in [0.15, 0.2) is 78.9 Å². The highest BCUT2D eigenvalue weighted by Crippen LogP contribution is 2.22. The number of aryl methyl sites for hydroxylation is 2. The number of aliphatic hydroxyl groups is 1. The molecular formula is C22H22O. The van der Waals surface area contributed by atoms with E-state index in [4.69, 9.17) is 0 Å². The van der Waals surface area contributed by atoms with E-state index in [0.29, 0.717) is 0 Å². The van der Waals surface area contributed by atoms with E-state index >= 15 is 0 Å². The average Bonchev–Trinajstić information content (AvgIpc) is 2.61. The molecule has 1 heteroatoms. The Hall–Kier alpha value is -2.38. The smallest absolute Gasteiger partial charge is 0.0793 e. The van der Waals surface area contributed by atoms with Crippen LogP contribution in [0.5, 0.6) is 0 Å². The van der Waals surface area contributed by atoms with Gasteiger partial charge in [0, 0.05) is 0 Å². The molecule has 1 atom stereocenters. The van der Waals surface area contributed by atoms with Crippen LogP contribution in [-0.2, 0) is 6.42 Å². The van der Waals surface area contributed by atoms with E-state index < -0.39 is 6.10 Å². The van der Waals surface area contributed by atoms with Gasteiger partial charge in [-0.25, -0.2) is 0 Å². The van der Waals surface area contributed by atoms with Crippen molar-refractivity contribution in [2.24, 2.45) is 0 Å². The van der Waals surface area contributed by atoms with Gasteiger partial charge in [0.1, 0.15) is 0 Å². The monoisotopic (exact) mass is 302 g/mol. The van der Waals surface area contributed by atoms with E-state index in [1.807, 2.05) is 30.3 Å². The second-order valence-electron chi connectivity index (χ2n) is 6.03. The standard InChI is InChI=1S/C22H22O/c1-17-7-12-21(13-8-17)22(23)16-11-18-9-14-20(15-10-18)19-5-3-2-4-6-19/h2-10,12-15,22-23H,11,16H2,1H3. The van der Waals surface area contributed by atoms with Crippen molar-refractivity contribution in [3.05, 3.63) is 95.6 Å². The lowest BCUT2D eigenvalue weighted by Crippen LogP contribution is -1.99. The molecule has 0 saturated carbocycles. The molecule has 0 heterocycles. The van der Waals surface area contributed by atoms with E-state index in [-0.39, 0.29) is 0 Å². The third-order valence-corrected chi connectivity index (χ3v) is 4.23. The quantitative estimate of drug-likeness (QED) is 0.675. The van der Waals surface area contributed by atoms with E-state index in [1.165, 1.54) is 22.3 Å². The van der Waals surface area contributed by atoms with Gasteiger partial charge in [0.25, 0.3) is 0 Å². The van der Waals surface area contributed by atoms with Gasteiger partial charge >= 0.3 is 0 Å². The molecule has 0 aliphatic heterocycles. The van der Waals surface area contributed by atoms with Gasteiger partial charge in [-0.15, -0.1) is 0 Å². The van der Waals surface area contributed by atoms with Gasteiger partial charge in [0.2, 0.25) is 0 Å². The normalized spacial score (nSPS) is 12.1. The maximum absolute atomic E-state index is 10.3. The summed E-state index contributed by atoms with van der Waals surface area (Å²) in [5.41, 5.74) is 5.94. The second kappa shape index (κ2) is 7.26. The van der Waals surface area contributed by atoms with Crippen molar-refractivity contribution in [3.8, 4) is 11.1 Å². The molecule has 0 amide bonds. The molecule has 1 unspecified atom stereocenters. The first-order valence-corrected chi connectivity index (χ1v) is 8.11. The molecule has 0 radical (unpaired) electrons. The summed E-state index contributed by atoms with van der Waals surface area (Å²) in [5.74, 6) is 0. The van der Waals surface area contributed by atoms with Crippen molar-refractivity contribution in [3.63, 3.8) is 0 Å². The summed E-state index contributed by atoms with van der Waals surface area (Å²) in [6.45, 7) is 2.06. The van der Waals surface area contributed by atoms with Crippen LogP contribution in [0.4, 0.5) is 0 Å². The molecule has 0 aliphatic carbocycles. The lowest BCUT2D eigenvalue weighted by atomic mass is 9.98. The molecule has 3 rings (SSSR count). The molecule has 116 valence electrons. The van der Waals surface area contributed by atoms with Crippen LogP contribution >= 0.6 is 0 Å². The molecule has 3 aromatic carbocycles. The molecule has 0 bridgehead atoms. The van der Waals surface area contributed by atoms with Gasteiger partial charge in [0.15, 0.2) is 0 Å². The summed E-state index contributed by atoms with van der Waals surface area (Å²) in [6, 6.07) is 27.1. The fourth-order valence-corrected chi connectivity index (χ4v) is 2.75. The lowest BCUT2D eigenvalue weighted by Gasteiger charge is -2.11. The van der Waals surface area contributed by atoms with Crippen molar-refractivity contribution in [2.45, 2.75) is 25.9 Å². The summed E-state index contributed by atoms with van der Waals surface area (Å²) in [6.07, 6.45) is 1.22. The topological polar surface area (TPSA) is 20.2 Å². The molecular weight excluding hydrogens is 280 g/mol. The van der Waals surface area contributed by atoms with Gasteiger partial charge in [-0.2, -0.15) is 0 Å². The first-order chi connectivity index (χ1) is 11.2. The second-order valence-corrected chi connectivity index (χ2v) is 6.03. The first kappa shape index (κ1) is 15.5. The molecule has 0 aromatic heterocycles. The molecule has 0 spiro atoms. The van der Waals surface area contributed by atoms with Crippen molar-refractivity contribution < 1.29 is 5.11 Å². The predicted molar refractivity (Wildman–Crippen MR) is 96.3 cm³/mol. The fraction of sp³-hybridized carbons (Fsp3) is 0.182. The van der Waals surface area contributed by atoms with Crippen molar-refractivity contribution in [1.29, 1.82) is 0 Å². The van der Waals surface area contributed by atoms with Crippen LogP contribution in [0.3, 0.4) is 0 Å². The van der Waals surface area contributed by atoms with E-state index in [9.17, 15) is 5.11 Å². The van der Waals surface area contributed by atoms with Gasteiger partial charge in [-0.05, 0) is 42.0 Å². The molecule has 3 aromatic rings. The van der Waals surface area contributed by atoms with Gasteiger partial charge in [0.05, 0.1) is 6.10 Å². The van der Waals surface area contributed by atoms with Crippen molar-refractivity contribution in [1.82, 2.24) is 0 Å². The largest absolute Gasteiger partial charge is 0.388 e.